The van der Waals surface area contributed by atoms with Crippen LogP contribution in [0, 0.1) is 6.92 Å². The Hall–Kier alpha value is -0.670. The summed E-state index contributed by atoms with van der Waals surface area (Å²) in [5.74, 6) is 1.97. The predicted octanol–water partition coefficient (Wildman–Crippen LogP) is 4.64. The molecular weight excluding hydrogens is 272 g/mol. The molecule has 0 N–H and O–H groups in total. The molecule has 3 heteroatoms. The van der Waals surface area contributed by atoms with Gasteiger partial charge < -0.3 is 4.42 Å². The van der Waals surface area contributed by atoms with Gasteiger partial charge in [-0.05, 0) is 30.7 Å². The quantitative estimate of drug-likeness (QED) is 0.761. The summed E-state index contributed by atoms with van der Waals surface area (Å²) in [6, 6.07) is 10.4. The zero-order chi connectivity index (χ0) is 10.7. The van der Waals surface area contributed by atoms with Crippen molar-refractivity contribution < 1.29 is 4.42 Å². The van der Waals surface area contributed by atoms with Crippen molar-refractivity contribution in [1.82, 2.24) is 0 Å². The first-order valence-electron chi connectivity index (χ1n) is 4.67. The molecule has 1 heterocycles. The highest BCUT2D eigenvalue weighted by Crippen LogP contribution is 2.27. The molecule has 0 atom stereocenters. The molecule has 0 radical (unpaired) electrons. The van der Waals surface area contributed by atoms with Crippen LogP contribution in [0.4, 0.5) is 0 Å². The maximum Gasteiger partial charge on any atom is 0.114 e. The fraction of sp³-hybridized carbons (Fsp3) is 0.167. The minimum atomic E-state index is 0.972. The van der Waals surface area contributed by atoms with E-state index in [9.17, 15) is 0 Å². The lowest BCUT2D eigenvalue weighted by molar-refractivity contribution is 0.527. The van der Waals surface area contributed by atoms with Crippen LogP contribution in [0.3, 0.4) is 0 Å². The van der Waals surface area contributed by atoms with Gasteiger partial charge in [-0.2, -0.15) is 0 Å². The number of hydrogen-bond acceptors (Lipinski definition) is 2. The van der Waals surface area contributed by atoms with E-state index in [1.54, 1.807) is 18.0 Å². The SMILES string of the molecule is Cc1occc1SCc1cccc(Br)c1. The molecule has 0 fully saturated rings. The van der Waals surface area contributed by atoms with Gasteiger partial charge in [0.2, 0.25) is 0 Å². The van der Waals surface area contributed by atoms with Crippen LogP contribution in [-0.4, -0.2) is 0 Å². The largest absolute Gasteiger partial charge is 0.468 e. The molecule has 0 aliphatic rings. The average Bonchev–Trinajstić information content (AvgIpc) is 2.61. The minimum absolute atomic E-state index is 0.972. The molecule has 0 spiro atoms. The third-order valence-electron chi connectivity index (χ3n) is 2.09. The van der Waals surface area contributed by atoms with E-state index in [0.717, 1.165) is 16.0 Å². The molecule has 0 unspecified atom stereocenters. The third-order valence-corrected chi connectivity index (χ3v) is 3.80. The van der Waals surface area contributed by atoms with E-state index >= 15 is 0 Å². The number of rotatable bonds is 3. The Kier molecular flexibility index (Phi) is 3.54. The molecule has 1 nitrogen and oxygen atoms in total. The van der Waals surface area contributed by atoms with Crippen molar-refractivity contribution in [1.29, 1.82) is 0 Å². The van der Waals surface area contributed by atoms with Crippen molar-refractivity contribution in [2.45, 2.75) is 17.6 Å². The number of halogens is 1. The number of benzene rings is 1. The summed E-state index contributed by atoms with van der Waals surface area (Å²) in [7, 11) is 0. The van der Waals surface area contributed by atoms with Crippen molar-refractivity contribution in [3.8, 4) is 0 Å². The summed E-state index contributed by atoms with van der Waals surface area (Å²) in [5, 5.41) is 0. The van der Waals surface area contributed by atoms with Gasteiger partial charge in [0.15, 0.2) is 0 Å². The van der Waals surface area contributed by atoms with Crippen molar-refractivity contribution in [2.75, 3.05) is 0 Å². The van der Waals surface area contributed by atoms with Crippen LogP contribution in [0.5, 0.6) is 0 Å². The lowest BCUT2D eigenvalue weighted by atomic mass is 10.2. The maximum absolute atomic E-state index is 5.25. The molecular formula is C12H11BrOS. The summed E-state index contributed by atoms with van der Waals surface area (Å²) in [6.45, 7) is 1.99. The highest BCUT2D eigenvalue weighted by Gasteiger charge is 2.02. The number of aryl methyl sites for hydroxylation is 1. The fourth-order valence-electron chi connectivity index (χ4n) is 1.31. The Labute approximate surface area is 102 Å². The van der Waals surface area contributed by atoms with E-state index in [0.29, 0.717) is 0 Å². The van der Waals surface area contributed by atoms with Crippen LogP contribution >= 0.6 is 27.7 Å². The number of hydrogen-bond donors (Lipinski definition) is 0. The van der Waals surface area contributed by atoms with Gasteiger partial charge in [0.05, 0.1) is 6.26 Å². The van der Waals surface area contributed by atoms with E-state index in [1.807, 2.05) is 19.1 Å². The lowest BCUT2D eigenvalue weighted by Gasteiger charge is -2.01. The van der Waals surface area contributed by atoms with E-state index in [2.05, 4.69) is 34.1 Å². The second-order valence-electron chi connectivity index (χ2n) is 3.26. The Morgan fingerprint density at radius 2 is 2.20 bits per heavy atom. The number of furan rings is 1. The monoisotopic (exact) mass is 282 g/mol. The predicted molar refractivity (Wildman–Crippen MR) is 67.1 cm³/mol. The molecule has 2 aromatic rings. The van der Waals surface area contributed by atoms with E-state index < -0.39 is 0 Å². The molecule has 1 aromatic carbocycles. The Balaban J connectivity index is 2.02. The van der Waals surface area contributed by atoms with Crippen LogP contribution < -0.4 is 0 Å². The first-order valence-corrected chi connectivity index (χ1v) is 6.45. The zero-order valence-electron chi connectivity index (χ0n) is 8.37. The molecule has 1 aromatic heterocycles. The first-order chi connectivity index (χ1) is 7.25. The van der Waals surface area contributed by atoms with Crippen LogP contribution in [0.15, 0.2) is 50.4 Å². The second kappa shape index (κ2) is 4.90. The molecule has 0 saturated carbocycles. The topological polar surface area (TPSA) is 13.1 Å². The van der Waals surface area contributed by atoms with Crippen LogP contribution in [0.25, 0.3) is 0 Å². The second-order valence-corrected chi connectivity index (χ2v) is 5.19. The Bertz CT molecular complexity index is 450. The minimum Gasteiger partial charge on any atom is -0.468 e. The molecule has 0 aliphatic heterocycles. The summed E-state index contributed by atoms with van der Waals surface area (Å²) >= 11 is 5.27. The molecule has 2 rings (SSSR count). The third kappa shape index (κ3) is 2.89. The molecule has 15 heavy (non-hydrogen) atoms. The van der Waals surface area contributed by atoms with Gasteiger partial charge in [-0.25, -0.2) is 0 Å². The summed E-state index contributed by atoms with van der Waals surface area (Å²) < 4.78 is 6.38. The lowest BCUT2D eigenvalue weighted by Crippen LogP contribution is -1.80. The van der Waals surface area contributed by atoms with Gasteiger partial charge >= 0.3 is 0 Å². The van der Waals surface area contributed by atoms with Gasteiger partial charge in [-0.15, -0.1) is 11.8 Å². The molecule has 0 bridgehead atoms. The van der Waals surface area contributed by atoms with E-state index in [4.69, 9.17) is 4.42 Å². The number of thioether (sulfide) groups is 1. The summed E-state index contributed by atoms with van der Waals surface area (Å²) in [5.41, 5.74) is 1.31. The van der Waals surface area contributed by atoms with Crippen molar-refractivity contribution in [3.05, 3.63) is 52.4 Å². The van der Waals surface area contributed by atoms with Crippen LogP contribution in [0.1, 0.15) is 11.3 Å². The highest BCUT2D eigenvalue weighted by atomic mass is 79.9. The van der Waals surface area contributed by atoms with Crippen LogP contribution in [-0.2, 0) is 5.75 Å². The van der Waals surface area contributed by atoms with Gasteiger partial charge in [0, 0.05) is 15.1 Å². The summed E-state index contributed by atoms with van der Waals surface area (Å²) in [4.78, 5) is 1.22. The molecule has 0 amide bonds. The first kappa shape index (κ1) is 10.8. The highest BCUT2D eigenvalue weighted by molar-refractivity contribution is 9.10. The van der Waals surface area contributed by atoms with Crippen molar-refractivity contribution >= 4 is 27.7 Å². The Morgan fingerprint density at radius 1 is 1.33 bits per heavy atom. The zero-order valence-corrected chi connectivity index (χ0v) is 10.8. The Morgan fingerprint density at radius 3 is 2.87 bits per heavy atom. The van der Waals surface area contributed by atoms with Crippen molar-refractivity contribution in [2.24, 2.45) is 0 Å². The smallest absolute Gasteiger partial charge is 0.114 e. The molecule has 0 aliphatic carbocycles. The summed E-state index contributed by atoms with van der Waals surface area (Å²) in [6.07, 6.45) is 1.73. The van der Waals surface area contributed by atoms with Gasteiger partial charge in [-0.1, -0.05) is 28.1 Å². The normalized spacial score (nSPS) is 10.5. The fourth-order valence-corrected chi connectivity index (χ4v) is 2.66. The van der Waals surface area contributed by atoms with Crippen molar-refractivity contribution in [3.63, 3.8) is 0 Å². The average molecular weight is 283 g/mol. The van der Waals surface area contributed by atoms with Crippen LogP contribution in [0.2, 0.25) is 0 Å². The van der Waals surface area contributed by atoms with E-state index in [-0.39, 0.29) is 0 Å². The molecule has 78 valence electrons. The van der Waals surface area contributed by atoms with E-state index in [1.165, 1.54) is 10.5 Å². The standard InChI is InChI=1S/C12H11BrOS/c1-9-12(5-6-14-9)15-8-10-3-2-4-11(13)7-10/h2-7H,8H2,1H3. The molecule has 0 saturated heterocycles. The van der Waals surface area contributed by atoms with Gasteiger partial charge in [0.25, 0.3) is 0 Å². The van der Waals surface area contributed by atoms with Gasteiger partial charge in [0.1, 0.15) is 5.76 Å². The van der Waals surface area contributed by atoms with Gasteiger partial charge in [-0.3, -0.25) is 0 Å². The maximum atomic E-state index is 5.25.